The van der Waals surface area contributed by atoms with E-state index >= 15 is 0 Å². The molecule has 0 aliphatic heterocycles. The Morgan fingerprint density at radius 3 is 2.76 bits per heavy atom. The summed E-state index contributed by atoms with van der Waals surface area (Å²) in [5.41, 5.74) is 1.45. The summed E-state index contributed by atoms with van der Waals surface area (Å²) in [6.45, 7) is 0. The van der Waals surface area contributed by atoms with Crippen molar-refractivity contribution < 1.29 is 4.79 Å². The van der Waals surface area contributed by atoms with E-state index in [0.29, 0.717) is 20.8 Å². The van der Waals surface area contributed by atoms with Crippen molar-refractivity contribution >= 4 is 46.5 Å². The molecule has 0 spiro atoms. The van der Waals surface area contributed by atoms with Gasteiger partial charge in [-0.1, -0.05) is 65.3 Å². The highest BCUT2D eigenvalue weighted by Gasteiger charge is 2.21. The highest BCUT2D eigenvalue weighted by atomic mass is 35.5. The Labute approximate surface area is 181 Å². The number of pyridine rings is 1. The van der Waals surface area contributed by atoms with Gasteiger partial charge in [-0.25, -0.2) is 4.98 Å². The van der Waals surface area contributed by atoms with Crippen molar-refractivity contribution in [3.05, 3.63) is 76.4 Å². The van der Waals surface area contributed by atoms with Crippen molar-refractivity contribution in [2.24, 2.45) is 7.05 Å². The number of aromatic nitrogens is 5. The molecule has 29 heavy (non-hydrogen) atoms. The Balaban J connectivity index is 1.51. The summed E-state index contributed by atoms with van der Waals surface area (Å²) >= 11 is 13.5. The number of thioether (sulfide) groups is 1. The first kappa shape index (κ1) is 19.8. The minimum Gasteiger partial charge on any atom is -0.341 e. The topological polar surface area (TPSA) is 77.1 Å². The monoisotopic (exact) mass is 446 g/mol. The third-order valence-electron chi connectivity index (χ3n) is 4.28. The fourth-order valence-corrected chi connectivity index (χ4v) is 4.16. The van der Waals surface area contributed by atoms with E-state index in [0.717, 1.165) is 11.4 Å². The highest BCUT2D eigenvalue weighted by molar-refractivity contribution is 7.99. The second kappa shape index (κ2) is 8.44. The van der Waals surface area contributed by atoms with E-state index in [1.807, 2.05) is 48.1 Å². The van der Waals surface area contributed by atoms with Crippen molar-refractivity contribution in [3.63, 3.8) is 0 Å². The van der Waals surface area contributed by atoms with Gasteiger partial charge in [0.2, 0.25) is 5.91 Å². The zero-order valence-electron chi connectivity index (χ0n) is 15.3. The zero-order valence-corrected chi connectivity index (χ0v) is 17.6. The number of carbonyl (C=O) groups excluding carboxylic acids is 1. The molecule has 10 heteroatoms. The minimum absolute atomic E-state index is 0.151. The van der Waals surface area contributed by atoms with Gasteiger partial charge in [-0.15, -0.1) is 10.2 Å². The lowest BCUT2D eigenvalue weighted by molar-refractivity contribution is -0.119. The van der Waals surface area contributed by atoms with Crippen LogP contribution >= 0.6 is 35.0 Å². The first-order valence-corrected chi connectivity index (χ1v) is 10.4. The molecule has 4 rings (SSSR count). The number of nitrogens with zero attached hydrogens (tertiary/aromatic N) is 5. The zero-order chi connectivity index (χ0) is 20.4. The molecule has 148 valence electrons. The molecule has 1 atom stereocenters. The molecular weight excluding hydrogens is 431 g/mol. The second-order valence-corrected chi connectivity index (χ2v) is 8.06. The van der Waals surface area contributed by atoms with Crippen LogP contribution in [0.3, 0.4) is 0 Å². The SMILES string of the molecule is Cn1ccnc1[C@@H](NC(=O)CSc1nnc2c(Cl)cc(Cl)cn12)c1ccccc1. The predicted octanol–water partition coefficient (Wildman–Crippen LogP) is 3.77. The number of hydrogen-bond donors (Lipinski definition) is 1. The van der Waals surface area contributed by atoms with Gasteiger partial charge in [0, 0.05) is 25.6 Å². The number of carbonyl (C=O) groups is 1. The summed E-state index contributed by atoms with van der Waals surface area (Å²) in [5.74, 6) is 0.747. The van der Waals surface area contributed by atoms with Gasteiger partial charge in [-0.3, -0.25) is 9.20 Å². The minimum atomic E-state index is -0.358. The van der Waals surface area contributed by atoms with Crippen LogP contribution in [0.25, 0.3) is 5.65 Å². The molecule has 0 unspecified atom stereocenters. The second-order valence-electron chi connectivity index (χ2n) is 6.28. The van der Waals surface area contributed by atoms with Gasteiger partial charge >= 0.3 is 0 Å². The summed E-state index contributed by atoms with van der Waals surface area (Å²) in [7, 11) is 1.90. The van der Waals surface area contributed by atoms with Crippen LogP contribution < -0.4 is 5.32 Å². The largest absolute Gasteiger partial charge is 0.341 e. The number of rotatable bonds is 6. The first-order chi connectivity index (χ1) is 14.0. The average molecular weight is 447 g/mol. The maximum atomic E-state index is 12.7. The smallest absolute Gasteiger partial charge is 0.231 e. The third kappa shape index (κ3) is 4.24. The van der Waals surface area contributed by atoms with Crippen molar-refractivity contribution in [2.75, 3.05) is 5.75 Å². The van der Waals surface area contributed by atoms with E-state index in [1.165, 1.54) is 11.8 Å². The third-order valence-corrected chi connectivity index (χ3v) is 5.71. The molecule has 7 nitrogen and oxygen atoms in total. The molecule has 1 amide bonds. The Morgan fingerprint density at radius 1 is 1.24 bits per heavy atom. The molecule has 0 saturated heterocycles. The van der Waals surface area contributed by atoms with Crippen LogP contribution in [0.4, 0.5) is 0 Å². The molecule has 1 aromatic carbocycles. The lowest BCUT2D eigenvalue weighted by Crippen LogP contribution is -2.32. The molecule has 3 heterocycles. The average Bonchev–Trinajstić information content (AvgIpc) is 3.31. The maximum Gasteiger partial charge on any atom is 0.231 e. The van der Waals surface area contributed by atoms with E-state index in [9.17, 15) is 4.79 Å². The standard InChI is InChI=1S/C19H16Cl2N6OS/c1-26-8-7-22-18(26)16(12-5-3-2-4-6-12)23-15(28)11-29-19-25-24-17-14(21)9-13(20)10-27(17)19/h2-10,16H,11H2,1H3,(H,23,28)/t16-/m0/s1. The van der Waals surface area contributed by atoms with Crippen LogP contribution in [-0.2, 0) is 11.8 Å². The molecule has 0 saturated carbocycles. The van der Waals surface area contributed by atoms with Gasteiger partial charge in [-0.2, -0.15) is 0 Å². The van der Waals surface area contributed by atoms with Crippen LogP contribution in [0.5, 0.6) is 0 Å². The van der Waals surface area contributed by atoms with Gasteiger partial charge in [0.05, 0.1) is 15.8 Å². The Kier molecular flexibility index (Phi) is 5.75. The van der Waals surface area contributed by atoms with Crippen molar-refractivity contribution in [2.45, 2.75) is 11.2 Å². The number of amides is 1. The summed E-state index contributed by atoms with van der Waals surface area (Å²) in [6.07, 6.45) is 5.23. The van der Waals surface area contributed by atoms with Gasteiger partial charge in [0.25, 0.3) is 0 Å². The van der Waals surface area contributed by atoms with Crippen LogP contribution in [0.1, 0.15) is 17.4 Å². The Morgan fingerprint density at radius 2 is 2.03 bits per heavy atom. The van der Waals surface area contributed by atoms with Crippen molar-refractivity contribution in [1.82, 2.24) is 29.5 Å². The molecule has 0 fully saturated rings. The molecule has 4 aromatic rings. The quantitative estimate of drug-likeness (QED) is 0.456. The Hall–Kier alpha value is -2.55. The van der Waals surface area contributed by atoms with Crippen LogP contribution in [-0.4, -0.2) is 35.8 Å². The van der Waals surface area contributed by atoms with Gasteiger partial charge < -0.3 is 9.88 Å². The Bertz CT molecular complexity index is 1160. The normalized spacial score (nSPS) is 12.2. The number of halogens is 2. The molecule has 3 aromatic heterocycles. The summed E-state index contributed by atoms with van der Waals surface area (Å²) in [5, 5.41) is 12.6. The molecular formula is C19H16Cl2N6OS. The summed E-state index contributed by atoms with van der Waals surface area (Å²) in [6, 6.07) is 11.0. The lowest BCUT2D eigenvalue weighted by atomic mass is 10.1. The van der Waals surface area contributed by atoms with E-state index in [2.05, 4.69) is 20.5 Å². The van der Waals surface area contributed by atoms with Crippen LogP contribution in [0, 0.1) is 0 Å². The predicted molar refractivity (Wildman–Crippen MR) is 113 cm³/mol. The molecule has 0 radical (unpaired) electrons. The van der Waals surface area contributed by atoms with Crippen LogP contribution in [0.15, 0.2) is 60.1 Å². The van der Waals surface area contributed by atoms with Crippen molar-refractivity contribution in [1.29, 1.82) is 0 Å². The number of nitrogens with one attached hydrogen (secondary N) is 1. The van der Waals surface area contributed by atoms with E-state index in [4.69, 9.17) is 23.2 Å². The summed E-state index contributed by atoms with van der Waals surface area (Å²) in [4.78, 5) is 17.1. The van der Waals surface area contributed by atoms with Gasteiger partial charge in [-0.05, 0) is 11.6 Å². The number of fused-ring (bicyclic) bond motifs is 1. The lowest BCUT2D eigenvalue weighted by Gasteiger charge is -2.19. The van der Waals surface area contributed by atoms with Crippen LogP contribution in [0.2, 0.25) is 10.0 Å². The maximum absolute atomic E-state index is 12.7. The molecule has 0 bridgehead atoms. The molecule has 0 aliphatic rings. The van der Waals surface area contributed by atoms with Gasteiger partial charge in [0.1, 0.15) is 11.9 Å². The fourth-order valence-electron chi connectivity index (χ4n) is 2.93. The molecule has 1 N–H and O–H groups in total. The number of imidazole rings is 1. The van der Waals surface area contributed by atoms with E-state index in [-0.39, 0.29) is 17.7 Å². The molecule has 0 aliphatic carbocycles. The highest BCUT2D eigenvalue weighted by Crippen LogP contribution is 2.26. The number of benzene rings is 1. The number of aryl methyl sites for hydroxylation is 1. The fraction of sp³-hybridized carbons (Fsp3) is 0.158. The number of hydrogen-bond acceptors (Lipinski definition) is 5. The summed E-state index contributed by atoms with van der Waals surface area (Å²) < 4.78 is 3.57. The van der Waals surface area contributed by atoms with Crippen molar-refractivity contribution in [3.8, 4) is 0 Å². The van der Waals surface area contributed by atoms with E-state index < -0.39 is 0 Å². The van der Waals surface area contributed by atoms with E-state index in [1.54, 1.807) is 22.9 Å². The first-order valence-electron chi connectivity index (χ1n) is 8.67. The van der Waals surface area contributed by atoms with Gasteiger partial charge in [0.15, 0.2) is 10.8 Å².